The van der Waals surface area contributed by atoms with Gasteiger partial charge in [0.1, 0.15) is 9.94 Å². The number of nitrogens with zero attached hydrogens (tertiary/aromatic N) is 1. The second-order valence-corrected chi connectivity index (χ2v) is 6.16. The Kier molecular flexibility index (Phi) is 2.21. The third kappa shape index (κ3) is 1.43. The zero-order valence-corrected chi connectivity index (χ0v) is 9.30. The molecule has 1 aliphatic rings. The van der Waals surface area contributed by atoms with Crippen LogP contribution < -0.4 is 0 Å². The van der Waals surface area contributed by atoms with E-state index in [0.29, 0.717) is 9.94 Å². The molecule has 0 fully saturated rings. The van der Waals surface area contributed by atoms with Crippen LogP contribution in [0.5, 0.6) is 0 Å². The second-order valence-electron chi connectivity index (χ2n) is 2.42. The maximum Gasteiger partial charge on any atom is 0.284 e. The fraction of sp³-hybridized carbons (Fsp3) is 0.286. The van der Waals surface area contributed by atoms with E-state index in [-0.39, 0.29) is 0 Å². The molecule has 0 spiro atoms. The first-order valence-electron chi connectivity index (χ1n) is 3.71. The lowest BCUT2D eigenvalue weighted by Crippen LogP contribution is -1.88. The van der Waals surface area contributed by atoms with Crippen molar-refractivity contribution in [1.29, 1.82) is 0 Å². The van der Waals surface area contributed by atoms with Crippen LogP contribution in [0.3, 0.4) is 0 Å². The zero-order chi connectivity index (χ0) is 9.47. The first kappa shape index (κ1) is 9.23. The Morgan fingerprint density at radius 3 is 3.08 bits per heavy atom. The van der Waals surface area contributed by atoms with Gasteiger partial charge in [-0.2, -0.15) is 12.8 Å². The van der Waals surface area contributed by atoms with Crippen LogP contribution >= 0.6 is 23.1 Å². The van der Waals surface area contributed by atoms with E-state index in [0.717, 1.165) is 10.6 Å². The molecule has 13 heavy (non-hydrogen) atoms. The zero-order valence-electron chi connectivity index (χ0n) is 6.85. The molecule has 3 nitrogen and oxygen atoms in total. The van der Waals surface area contributed by atoms with E-state index in [4.69, 9.17) is 0 Å². The van der Waals surface area contributed by atoms with Gasteiger partial charge in [0, 0.05) is 0 Å². The van der Waals surface area contributed by atoms with Crippen LogP contribution in [0.2, 0.25) is 0 Å². The molecule has 1 aliphatic heterocycles. The molecule has 1 aromatic rings. The molecule has 0 bridgehead atoms. The highest BCUT2D eigenvalue weighted by Gasteiger charge is 2.29. The summed E-state index contributed by atoms with van der Waals surface area (Å²) < 4.78 is 26.5. The lowest BCUT2D eigenvalue weighted by Gasteiger charge is -1.92. The minimum atomic E-state index is -3.36. The molecule has 0 atom stereocenters. The fourth-order valence-corrected chi connectivity index (χ4v) is 4.74. The minimum absolute atomic E-state index is 0.369. The van der Waals surface area contributed by atoms with E-state index >= 15 is 0 Å². The standard InChI is InChI=1S/C7H7NO2S3/c1-2-11-7-6-5(3-4-12-6)13(9,10)8-7/h3-4H,2H2,1H3. The first-order valence-corrected chi connectivity index (χ1v) is 7.01. The summed E-state index contributed by atoms with van der Waals surface area (Å²) in [6.45, 7) is 1.98. The van der Waals surface area contributed by atoms with Crippen molar-refractivity contribution in [3.63, 3.8) is 0 Å². The van der Waals surface area contributed by atoms with Crippen LogP contribution in [0, 0.1) is 0 Å². The predicted molar refractivity (Wildman–Crippen MR) is 56.2 cm³/mol. The number of thioether (sulfide) groups is 1. The molecule has 0 saturated carbocycles. The summed E-state index contributed by atoms with van der Waals surface area (Å²) in [5, 5.41) is 2.43. The molecule has 1 aromatic heterocycles. The molecular weight excluding hydrogens is 226 g/mol. The SMILES string of the molecule is CCSC1=NS(=O)(=O)c2ccsc21. The van der Waals surface area contributed by atoms with Gasteiger partial charge in [-0.25, -0.2) is 0 Å². The molecule has 2 heterocycles. The maximum absolute atomic E-state index is 11.4. The summed E-state index contributed by atoms with van der Waals surface area (Å²) in [6.07, 6.45) is 0. The number of sulfonamides is 1. The molecule has 0 amide bonds. The van der Waals surface area contributed by atoms with Crippen molar-refractivity contribution in [2.24, 2.45) is 4.40 Å². The van der Waals surface area contributed by atoms with Crippen LogP contribution in [0.25, 0.3) is 0 Å². The molecule has 6 heteroatoms. The molecule has 0 radical (unpaired) electrons. The van der Waals surface area contributed by atoms with Crippen LogP contribution in [0.4, 0.5) is 0 Å². The normalized spacial score (nSPS) is 18.4. The van der Waals surface area contributed by atoms with Crippen molar-refractivity contribution >= 4 is 38.2 Å². The van der Waals surface area contributed by atoms with Gasteiger partial charge in [0.05, 0.1) is 4.88 Å². The highest BCUT2D eigenvalue weighted by molar-refractivity contribution is 8.15. The minimum Gasteiger partial charge on any atom is -0.199 e. The van der Waals surface area contributed by atoms with E-state index in [2.05, 4.69) is 4.40 Å². The monoisotopic (exact) mass is 233 g/mol. The Balaban J connectivity index is 2.57. The Morgan fingerprint density at radius 1 is 1.62 bits per heavy atom. The van der Waals surface area contributed by atoms with Crippen molar-refractivity contribution in [3.05, 3.63) is 16.3 Å². The van der Waals surface area contributed by atoms with Crippen LogP contribution in [-0.4, -0.2) is 19.2 Å². The topological polar surface area (TPSA) is 46.5 Å². The van der Waals surface area contributed by atoms with Gasteiger partial charge in [0.25, 0.3) is 10.0 Å². The second kappa shape index (κ2) is 3.11. The predicted octanol–water partition coefficient (Wildman–Crippen LogP) is 1.95. The fourth-order valence-electron chi connectivity index (χ4n) is 1.08. The highest BCUT2D eigenvalue weighted by atomic mass is 32.2. The van der Waals surface area contributed by atoms with Crippen LogP contribution in [0.15, 0.2) is 20.7 Å². The molecule has 0 N–H and O–H groups in total. The summed E-state index contributed by atoms with van der Waals surface area (Å²) in [5.41, 5.74) is 0. The maximum atomic E-state index is 11.4. The smallest absolute Gasteiger partial charge is 0.199 e. The third-order valence-corrected chi connectivity index (χ3v) is 5.06. The van der Waals surface area contributed by atoms with Crippen molar-refractivity contribution in [2.75, 3.05) is 5.75 Å². The van der Waals surface area contributed by atoms with E-state index in [1.54, 1.807) is 11.4 Å². The average molecular weight is 233 g/mol. The van der Waals surface area contributed by atoms with Crippen molar-refractivity contribution in [1.82, 2.24) is 0 Å². The van der Waals surface area contributed by atoms with E-state index < -0.39 is 10.0 Å². The van der Waals surface area contributed by atoms with E-state index in [1.165, 1.54) is 23.1 Å². The molecule has 70 valence electrons. The summed E-state index contributed by atoms with van der Waals surface area (Å²) >= 11 is 2.90. The number of rotatable bonds is 1. The van der Waals surface area contributed by atoms with Crippen molar-refractivity contribution in [3.8, 4) is 0 Å². The van der Waals surface area contributed by atoms with Gasteiger partial charge in [-0.1, -0.05) is 6.92 Å². The van der Waals surface area contributed by atoms with Gasteiger partial charge in [0.15, 0.2) is 0 Å². The van der Waals surface area contributed by atoms with Gasteiger partial charge >= 0.3 is 0 Å². The quantitative estimate of drug-likeness (QED) is 0.745. The highest BCUT2D eigenvalue weighted by Crippen LogP contribution is 2.34. The largest absolute Gasteiger partial charge is 0.284 e. The third-order valence-electron chi connectivity index (χ3n) is 1.59. The van der Waals surface area contributed by atoms with Crippen molar-refractivity contribution in [2.45, 2.75) is 11.8 Å². The number of fused-ring (bicyclic) bond motifs is 1. The van der Waals surface area contributed by atoms with E-state index in [1.807, 2.05) is 6.92 Å². The number of thiophene rings is 1. The Labute approximate surface area is 84.9 Å². The molecule has 0 aliphatic carbocycles. The Bertz CT molecular complexity index is 458. The first-order chi connectivity index (χ1) is 6.15. The Morgan fingerprint density at radius 2 is 2.38 bits per heavy atom. The summed E-state index contributed by atoms with van der Waals surface area (Å²) in [5.74, 6) is 0.839. The average Bonchev–Trinajstić information content (AvgIpc) is 2.57. The molecule has 0 aromatic carbocycles. The van der Waals surface area contributed by atoms with Crippen LogP contribution in [0.1, 0.15) is 11.8 Å². The lowest BCUT2D eigenvalue weighted by atomic mass is 10.5. The molecule has 2 rings (SSSR count). The van der Waals surface area contributed by atoms with Gasteiger partial charge in [-0.05, 0) is 17.2 Å². The Hall–Kier alpha value is -0.330. The van der Waals surface area contributed by atoms with Gasteiger partial charge in [0.2, 0.25) is 0 Å². The number of hydrogen-bond donors (Lipinski definition) is 0. The number of hydrogen-bond acceptors (Lipinski definition) is 4. The molecular formula is C7H7NO2S3. The van der Waals surface area contributed by atoms with E-state index in [9.17, 15) is 8.42 Å². The molecule has 0 saturated heterocycles. The van der Waals surface area contributed by atoms with Crippen molar-refractivity contribution < 1.29 is 8.42 Å². The summed E-state index contributed by atoms with van der Waals surface area (Å²) in [6, 6.07) is 1.61. The summed E-state index contributed by atoms with van der Waals surface area (Å²) in [7, 11) is -3.36. The molecule has 0 unspecified atom stereocenters. The van der Waals surface area contributed by atoms with Crippen LogP contribution in [-0.2, 0) is 10.0 Å². The van der Waals surface area contributed by atoms with Gasteiger partial charge in [-0.15, -0.1) is 23.1 Å². The van der Waals surface area contributed by atoms with Gasteiger partial charge < -0.3 is 0 Å². The van der Waals surface area contributed by atoms with Gasteiger partial charge in [-0.3, -0.25) is 0 Å². The summed E-state index contributed by atoms with van der Waals surface area (Å²) in [4.78, 5) is 1.17. The lowest BCUT2D eigenvalue weighted by molar-refractivity contribution is 0.599.